The summed E-state index contributed by atoms with van der Waals surface area (Å²) in [6, 6.07) is 72.3. The summed E-state index contributed by atoms with van der Waals surface area (Å²) in [4.78, 5) is 16.3. The predicted molar refractivity (Wildman–Crippen MR) is 285 cm³/mol. The van der Waals surface area contributed by atoms with E-state index in [0.717, 1.165) is 104 Å². The van der Waals surface area contributed by atoms with Gasteiger partial charge in [0.05, 0.1) is 27.7 Å². The van der Waals surface area contributed by atoms with Crippen LogP contribution in [0.3, 0.4) is 0 Å². The van der Waals surface area contributed by atoms with Crippen molar-refractivity contribution in [3.8, 4) is 39.9 Å². The highest BCUT2D eigenvalue weighted by molar-refractivity contribution is 6.20. The maximum Gasteiger partial charge on any atom is 0.167 e. The number of rotatable bonds is 4. The molecule has 0 bridgehead atoms. The first-order valence-electron chi connectivity index (χ1n) is 23.5. The third kappa shape index (κ3) is 5.31. The van der Waals surface area contributed by atoms with E-state index >= 15 is 0 Å². The van der Waals surface area contributed by atoms with E-state index < -0.39 is 0 Å². The van der Waals surface area contributed by atoms with Gasteiger partial charge in [-0.1, -0.05) is 140 Å². The van der Waals surface area contributed by atoms with E-state index in [-0.39, 0.29) is 0 Å². The van der Waals surface area contributed by atoms with Gasteiger partial charge in [0.25, 0.3) is 0 Å². The van der Waals surface area contributed by atoms with Crippen LogP contribution in [0.1, 0.15) is 0 Å². The minimum absolute atomic E-state index is 0.452. The van der Waals surface area contributed by atoms with Gasteiger partial charge < -0.3 is 17.8 Å². The number of hydrogen-bond acceptors (Lipinski definition) is 6. The van der Waals surface area contributed by atoms with Gasteiger partial charge in [-0.3, -0.25) is 0 Å². The Labute approximate surface area is 397 Å². The zero-order valence-electron chi connectivity index (χ0n) is 37.1. The molecular weight excluding hydrogens is 861 g/mol. The van der Waals surface area contributed by atoms with Crippen LogP contribution in [0, 0.1) is 0 Å². The summed E-state index contributed by atoms with van der Waals surface area (Å²) in [6.45, 7) is 0. The molecule has 0 saturated carbocycles. The van der Waals surface area contributed by atoms with E-state index in [1.807, 2.05) is 60.7 Å². The van der Waals surface area contributed by atoms with Gasteiger partial charge in [-0.15, -0.1) is 0 Å². The molecule has 7 heteroatoms. The summed E-state index contributed by atoms with van der Waals surface area (Å²) < 4.78 is 22.9. The Balaban J connectivity index is 1.05. The van der Waals surface area contributed by atoms with Crippen LogP contribution in [0.5, 0.6) is 0 Å². The fourth-order valence-corrected chi connectivity index (χ4v) is 11.1. The van der Waals surface area contributed by atoms with Crippen molar-refractivity contribution in [2.24, 2.45) is 0 Å². The van der Waals surface area contributed by atoms with Crippen LogP contribution in [0.2, 0.25) is 0 Å². The first kappa shape index (κ1) is 37.5. The van der Waals surface area contributed by atoms with E-state index in [0.29, 0.717) is 34.2 Å². The molecule has 0 N–H and O–H groups in total. The Morgan fingerprint density at radius 3 is 1.29 bits per heavy atom. The van der Waals surface area contributed by atoms with Gasteiger partial charge in [0, 0.05) is 54.2 Å². The second kappa shape index (κ2) is 14.0. The molecule has 0 aliphatic carbocycles. The topological polar surface area (TPSA) is 83.0 Å². The predicted octanol–water partition coefficient (Wildman–Crippen LogP) is 17.1. The molecule has 0 aliphatic rings. The molecule has 7 nitrogen and oxygen atoms in total. The molecule has 0 fully saturated rings. The van der Waals surface area contributed by atoms with Gasteiger partial charge in [-0.25, -0.2) is 15.0 Å². The van der Waals surface area contributed by atoms with Gasteiger partial charge in [0.15, 0.2) is 17.5 Å². The second-order valence-electron chi connectivity index (χ2n) is 18.3. The van der Waals surface area contributed by atoms with E-state index in [9.17, 15) is 0 Å². The number of para-hydroxylation sites is 4. The van der Waals surface area contributed by atoms with E-state index in [4.69, 9.17) is 28.2 Å². The Bertz CT molecular complexity index is 4690. The summed E-state index contributed by atoms with van der Waals surface area (Å²) in [5.74, 6) is 1.38. The van der Waals surface area contributed by atoms with Crippen molar-refractivity contribution in [3.05, 3.63) is 206 Å². The summed E-state index contributed by atoms with van der Waals surface area (Å²) in [5.41, 5.74) is 9.84. The molecule has 11 aromatic carbocycles. The summed E-state index contributed by atoms with van der Waals surface area (Å²) >= 11 is 0. The molecule has 324 valence electrons. The highest BCUT2D eigenvalue weighted by atomic mass is 16.3. The second-order valence-corrected chi connectivity index (χ2v) is 18.3. The third-order valence-corrected chi connectivity index (χ3v) is 14.4. The van der Waals surface area contributed by atoms with Gasteiger partial charge in [-0.05, 0) is 93.7 Å². The lowest BCUT2D eigenvalue weighted by atomic mass is 10.0. The van der Waals surface area contributed by atoms with Gasteiger partial charge >= 0.3 is 0 Å². The molecule has 0 spiro atoms. The van der Waals surface area contributed by atoms with Crippen molar-refractivity contribution >= 4 is 120 Å². The molecule has 0 unspecified atom stereocenters. The average Bonchev–Trinajstić information content (AvgIpc) is 4.18. The number of aromatic nitrogens is 4. The molecule has 5 aromatic heterocycles. The first-order valence-corrected chi connectivity index (χ1v) is 23.5. The van der Waals surface area contributed by atoms with Crippen molar-refractivity contribution in [3.63, 3.8) is 0 Å². The van der Waals surface area contributed by atoms with Gasteiger partial charge in [0.2, 0.25) is 0 Å². The van der Waals surface area contributed by atoms with Crippen molar-refractivity contribution in [1.82, 2.24) is 19.5 Å². The van der Waals surface area contributed by atoms with E-state index in [1.54, 1.807) is 0 Å². The number of fused-ring (bicyclic) bond motifs is 16. The van der Waals surface area contributed by atoms with Crippen LogP contribution in [-0.2, 0) is 0 Å². The maximum atomic E-state index is 7.18. The van der Waals surface area contributed by atoms with Crippen LogP contribution >= 0.6 is 0 Å². The van der Waals surface area contributed by atoms with Gasteiger partial charge in [0.1, 0.15) is 33.5 Å². The zero-order chi connectivity index (χ0) is 45.6. The smallest absolute Gasteiger partial charge is 0.167 e. The molecule has 0 radical (unpaired) electrons. The minimum atomic E-state index is 0.452. The van der Waals surface area contributed by atoms with Crippen LogP contribution in [0.4, 0.5) is 0 Å². The lowest BCUT2D eigenvalue weighted by Gasteiger charge is -2.13. The molecule has 16 rings (SSSR count). The summed E-state index contributed by atoms with van der Waals surface area (Å²) in [5, 5.41) is 15.1. The van der Waals surface area contributed by atoms with E-state index in [2.05, 4.69) is 150 Å². The lowest BCUT2D eigenvalue weighted by Crippen LogP contribution is -2.02. The average molecular weight is 895 g/mol. The van der Waals surface area contributed by atoms with Crippen molar-refractivity contribution in [2.75, 3.05) is 0 Å². The minimum Gasteiger partial charge on any atom is -0.455 e. The van der Waals surface area contributed by atoms with Crippen LogP contribution in [-0.4, -0.2) is 19.5 Å². The number of benzene rings is 11. The fourth-order valence-electron chi connectivity index (χ4n) is 11.1. The quantitative estimate of drug-likeness (QED) is 0.175. The summed E-state index contributed by atoms with van der Waals surface area (Å²) in [6.07, 6.45) is 0. The highest BCUT2D eigenvalue weighted by Crippen LogP contribution is 2.45. The third-order valence-electron chi connectivity index (χ3n) is 14.4. The summed E-state index contributed by atoms with van der Waals surface area (Å²) in [7, 11) is 0. The molecule has 0 atom stereocenters. The number of hydrogen-bond donors (Lipinski definition) is 0. The molecule has 16 aromatic rings. The van der Waals surface area contributed by atoms with Crippen molar-refractivity contribution in [2.45, 2.75) is 0 Å². The number of nitrogens with zero attached hydrogens (tertiary/aromatic N) is 4. The molecule has 5 heterocycles. The normalized spacial score (nSPS) is 12.3. The Hall–Kier alpha value is -9.59. The van der Waals surface area contributed by atoms with Crippen molar-refractivity contribution in [1.29, 1.82) is 0 Å². The fraction of sp³-hybridized carbons (Fsp3) is 0. The SMILES string of the molecule is c1ccc2cc3c(cc2c1)c1cc2ccccc2cc1n3-c1cc(-c2nc(-c3cccc4c3oc3ccccc34)nc(-c3cccc4c3oc3ccccc34)n2)c2oc3c4ccccc4ccc3c2c1. The first-order chi connectivity index (χ1) is 34.7. The molecule has 0 saturated heterocycles. The monoisotopic (exact) mass is 894 g/mol. The standard InChI is InChI=1S/C63H34N4O3/c1-3-16-38-31-53-49(29-36(38)14-1)50-30-37-15-2-4-17-39(37)32-54(50)67(53)40-33-51-46-28-27-35-13-5-6-18-41(35)57(46)70-60(51)52(34-40)63-65-61(47-23-11-21-44-42-19-7-9-25-55(42)68-58(44)47)64-62(66-63)48-24-12-22-45-43-20-8-10-26-56(43)69-59(45)48/h1-34H. The molecular formula is C63H34N4O3. The van der Waals surface area contributed by atoms with E-state index in [1.165, 1.54) is 21.5 Å². The van der Waals surface area contributed by atoms with Gasteiger partial charge in [-0.2, -0.15) is 0 Å². The Morgan fingerprint density at radius 1 is 0.271 bits per heavy atom. The lowest BCUT2D eigenvalue weighted by molar-refractivity contribution is 0.669. The largest absolute Gasteiger partial charge is 0.455 e. The van der Waals surface area contributed by atoms with Crippen LogP contribution in [0.15, 0.2) is 220 Å². The Morgan fingerprint density at radius 2 is 0.714 bits per heavy atom. The maximum absolute atomic E-state index is 7.18. The van der Waals surface area contributed by atoms with Crippen LogP contribution < -0.4 is 0 Å². The molecule has 70 heavy (non-hydrogen) atoms. The molecule has 0 aliphatic heterocycles. The highest BCUT2D eigenvalue weighted by Gasteiger charge is 2.25. The number of furan rings is 3. The molecule has 0 amide bonds. The zero-order valence-corrected chi connectivity index (χ0v) is 37.1. The van der Waals surface area contributed by atoms with Crippen molar-refractivity contribution < 1.29 is 13.3 Å². The van der Waals surface area contributed by atoms with Crippen LogP contribution in [0.25, 0.3) is 160 Å². The Kier molecular flexibility index (Phi) is 7.49.